The van der Waals surface area contributed by atoms with Crippen molar-refractivity contribution in [3.05, 3.63) is 68.7 Å². The van der Waals surface area contributed by atoms with Crippen LogP contribution in [0.1, 0.15) is 23.5 Å². The zero-order valence-corrected chi connectivity index (χ0v) is 14.3. The van der Waals surface area contributed by atoms with Crippen molar-refractivity contribution in [2.24, 2.45) is 5.92 Å². The fourth-order valence-electron chi connectivity index (χ4n) is 2.79. The molecule has 2 unspecified atom stereocenters. The molecule has 2 aromatic rings. The molecule has 0 aliphatic heterocycles. The summed E-state index contributed by atoms with van der Waals surface area (Å²) >= 11 is 6.10. The zero-order chi connectivity index (χ0) is 19.8. The number of nitro benzene ring substituents is 1. The van der Waals surface area contributed by atoms with E-state index in [2.05, 4.69) is 10.9 Å². The average Bonchev–Trinajstić information content (AvgIpc) is 3.39. The van der Waals surface area contributed by atoms with Crippen LogP contribution >= 0.6 is 11.6 Å². The minimum absolute atomic E-state index is 0.0666. The summed E-state index contributed by atoms with van der Waals surface area (Å²) in [6, 6.07) is 9.12. The average molecular weight is 400 g/mol. The Balaban J connectivity index is 1.68. The Kier molecular flexibility index (Phi) is 4.97. The van der Waals surface area contributed by atoms with Gasteiger partial charge in [-0.15, -0.1) is 0 Å². The predicted octanol–water partition coefficient (Wildman–Crippen LogP) is 4.51. The summed E-state index contributed by atoms with van der Waals surface area (Å²) in [7, 11) is 0. The van der Waals surface area contributed by atoms with Crippen molar-refractivity contribution >= 4 is 28.9 Å². The molecule has 0 heterocycles. The van der Waals surface area contributed by atoms with Crippen molar-refractivity contribution < 1.29 is 22.9 Å². The van der Waals surface area contributed by atoms with E-state index >= 15 is 0 Å². The fourth-order valence-corrected chi connectivity index (χ4v) is 3.07. The summed E-state index contributed by atoms with van der Waals surface area (Å²) in [6.07, 6.45) is -4.14. The number of benzene rings is 2. The number of rotatable bonds is 5. The molecule has 0 radical (unpaired) electrons. The van der Waals surface area contributed by atoms with E-state index in [0.29, 0.717) is 23.6 Å². The molecular formula is C17H13ClF3N3O3. The van der Waals surface area contributed by atoms with E-state index in [0.717, 1.165) is 11.6 Å². The van der Waals surface area contributed by atoms with Gasteiger partial charge in [0, 0.05) is 17.0 Å². The third kappa shape index (κ3) is 4.13. The van der Waals surface area contributed by atoms with E-state index in [4.69, 9.17) is 11.6 Å². The molecule has 0 spiro atoms. The molecule has 1 aliphatic carbocycles. The molecule has 0 bridgehead atoms. The van der Waals surface area contributed by atoms with Crippen LogP contribution in [0.15, 0.2) is 42.5 Å². The van der Waals surface area contributed by atoms with Gasteiger partial charge >= 0.3 is 6.18 Å². The van der Waals surface area contributed by atoms with Gasteiger partial charge in [-0.05, 0) is 36.1 Å². The number of nitrogens with zero attached hydrogens (tertiary/aromatic N) is 1. The number of carbonyl (C=O) groups is 1. The largest absolute Gasteiger partial charge is 0.416 e. The second kappa shape index (κ2) is 7.07. The maximum atomic E-state index is 12.7. The number of hydrazine groups is 1. The Hall–Kier alpha value is -2.81. The van der Waals surface area contributed by atoms with E-state index in [-0.39, 0.29) is 17.5 Å². The maximum Gasteiger partial charge on any atom is 0.416 e. The fraction of sp³-hybridized carbons (Fsp3) is 0.235. The van der Waals surface area contributed by atoms with E-state index in [9.17, 15) is 28.1 Å². The number of hydrogen-bond acceptors (Lipinski definition) is 4. The van der Waals surface area contributed by atoms with E-state index in [1.54, 1.807) is 18.2 Å². The normalized spacial score (nSPS) is 18.7. The van der Waals surface area contributed by atoms with Crippen molar-refractivity contribution in [1.82, 2.24) is 5.43 Å². The summed E-state index contributed by atoms with van der Waals surface area (Å²) in [5.41, 5.74) is 3.31. The SMILES string of the molecule is O=C(NNc1ccc(C(F)(F)F)cc1[N+](=O)[O-])C1CC1c1ccccc1Cl. The Bertz CT molecular complexity index is 904. The Morgan fingerprint density at radius 2 is 1.93 bits per heavy atom. The molecule has 142 valence electrons. The highest BCUT2D eigenvalue weighted by Gasteiger charge is 2.45. The van der Waals surface area contributed by atoms with E-state index < -0.39 is 28.3 Å². The van der Waals surface area contributed by atoms with Gasteiger partial charge in [0.15, 0.2) is 0 Å². The van der Waals surface area contributed by atoms with Crippen molar-refractivity contribution in [3.8, 4) is 0 Å². The number of amides is 1. The van der Waals surface area contributed by atoms with Gasteiger partial charge in [0.1, 0.15) is 5.69 Å². The molecule has 1 saturated carbocycles. The number of halogens is 4. The summed E-state index contributed by atoms with van der Waals surface area (Å²) in [6.45, 7) is 0. The van der Waals surface area contributed by atoms with Crippen molar-refractivity contribution in [2.75, 3.05) is 5.43 Å². The van der Waals surface area contributed by atoms with Crippen LogP contribution in [0.3, 0.4) is 0 Å². The van der Waals surface area contributed by atoms with E-state index in [1.807, 2.05) is 6.07 Å². The topological polar surface area (TPSA) is 84.3 Å². The zero-order valence-electron chi connectivity index (χ0n) is 13.6. The molecule has 10 heteroatoms. The summed E-state index contributed by atoms with van der Waals surface area (Å²) in [5.74, 6) is -0.858. The lowest BCUT2D eigenvalue weighted by atomic mass is 10.1. The molecule has 6 nitrogen and oxygen atoms in total. The van der Waals surface area contributed by atoms with Crippen molar-refractivity contribution in [3.63, 3.8) is 0 Å². The first-order valence-electron chi connectivity index (χ1n) is 7.84. The van der Waals surface area contributed by atoms with Crippen LogP contribution in [-0.2, 0) is 11.0 Å². The molecule has 0 aromatic heterocycles. The molecule has 0 saturated heterocycles. The number of alkyl halides is 3. The lowest BCUT2D eigenvalue weighted by Crippen LogP contribution is -2.31. The summed E-state index contributed by atoms with van der Waals surface area (Å²) < 4.78 is 38.1. The van der Waals surface area contributed by atoms with Gasteiger partial charge in [-0.1, -0.05) is 29.8 Å². The first-order valence-corrected chi connectivity index (χ1v) is 8.22. The second-order valence-corrected chi connectivity index (χ2v) is 6.48. The van der Waals surface area contributed by atoms with Crippen molar-refractivity contribution in [1.29, 1.82) is 0 Å². The molecule has 2 N–H and O–H groups in total. The van der Waals surface area contributed by atoms with Gasteiger partial charge in [0.2, 0.25) is 5.91 Å². The number of nitrogens with one attached hydrogen (secondary N) is 2. The van der Waals surface area contributed by atoms with Gasteiger partial charge < -0.3 is 0 Å². The van der Waals surface area contributed by atoms with Crippen LogP contribution in [-0.4, -0.2) is 10.8 Å². The molecule has 3 rings (SSSR count). The van der Waals surface area contributed by atoms with Crippen LogP contribution in [0, 0.1) is 16.0 Å². The standard InChI is InChI=1S/C17H13ClF3N3O3/c18-13-4-2-1-3-10(13)11-8-12(11)16(25)23-22-14-6-5-9(17(19,20)21)7-15(14)24(26)27/h1-7,11-12,22H,8H2,(H,23,25). The Labute approximate surface area is 156 Å². The third-order valence-corrected chi connectivity index (χ3v) is 4.62. The molecular weight excluding hydrogens is 387 g/mol. The molecule has 2 aromatic carbocycles. The molecule has 1 amide bonds. The van der Waals surface area contributed by atoms with Gasteiger partial charge in [-0.25, -0.2) is 0 Å². The van der Waals surface area contributed by atoms with E-state index in [1.165, 1.54) is 0 Å². The number of carbonyl (C=O) groups excluding carboxylic acids is 1. The van der Waals surface area contributed by atoms with Crippen molar-refractivity contribution in [2.45, 2.75) is 18.5 Å². The molecule has 27 heavy (non-hydrogen) atoms. The summed E-state index contributed by atoms with van der Waals surface area (Å²) in [5, 5.41) is 11.6. The molecule has 2 atom stereocenters. The lowest BCUT2D eigenvalue weighted by molar-refractivity contribution is -0.384. The van der Waals surface area contributed by atoms with Crippen LogP contribution in [0.4, 0.5) is 24.5 Å². The smallest absolute Gasteiger partial charge is 0.292 e. The predicted molar refractivity (Wildman–Crippen MR) is 92.2 cm³/mol. The highest BCUT2D eigenvalue weighted by atomic mass is 35.5. The van der Waals surface area contributed by atoms with Gasteiger partial charge in [0.05, 0.1) is 10.5 Å². The minimum atomic E-state index is -4.71. The van der Waals surface area contributed by atoms with Crippen LogP contribution in [0.25, 0.3) is 0 Å². The second-order valence-electron chi connectivity index (χ2n) is 6.07. The lowest BCUT2D eigenvalue weighted by Gasteiger charge is -2.11. The Morgan fingerprint density at radius 1 is 1.22 bits per heavy atom. The highest BCUT2D eigenvalue weighted by Crippen LogP contribution is 2.49. The monoisotopic (exact) mass is 399 g/mol. The molecule has 1 aliphatic rings. The number of anilines is 1. The summed E-state index contributed by atoms with van der Waals surface area (Å²) in [4.78, 5) is 22.3. The van der Waals surface area contributed by atoms with Gasteiger partial charge in [0.25, 0.3) is 5.69 Å². The Morgan fingerprint density at radius 3 is 2.56 bits per heavy atom. The quantitative estimate of drug-likeness (QED) is 0.572. The van der Waals surface area contributed by atoms with Crippen LogP contribution in [0.2, 0.25) is 5.02 Å². The number of nitro groups is 1. The third-order valence-electron chi connectivity index (χ3n) is 4.27. The highest BCUT2D eigenvalue weighted by molar-refractivity contribution is 6.31. The first-order chi connectivity index (χ1) is 12.7. The maximum absolute atomic E-state index is 12.7. The first kappa shape index (κ1) is 19.0. The van der Waals surface area contributed by atoms with Crippen LogP contribution < -0.4 is 10.9 Å². The number of hydrogen-bond donors (Lipinski definition) is 2. The van der Waals surface area contributed by atoms with Gasteiger partial charge in [-0.2, -0.15) is 13.2 Å². The minimum Gasteiger partial charge on any atom is -0.292 e. The molecule has 1 fully saturated rings. The van der Waals surface area contributed by atoms with Crippen LogP contribution in [0.5, 0.6) is 0 Å². The van der Waals surface area contributed by atoms with Gasteiger partial charge in [-0.3, -0.25) is 25.8 Å².